The Hall–Kier alpha value is -0.780. The quantitative estimate of drug-likeness (QED) is 0.263. The van der Waals surface area contributed by atoms with Gasteiger partial charge in [-0.1, -0.05) is 135 Å². The van der Waals surface area contributed by atoms with E-state index < -0.39 is 0 Å². The van der Waals surface area contributed by atoms with Gasteiger partial charge in [0.25, 0.3) is 0 Å². The number of hydrogen-bond acceptors (Lipinski definition) is 0. The average Bonchev–Trinajstić information content (AvgIpc) is 2.59. The van der Waals surface area contributed by atoms with Gasteiger partial charge < -0.3 is 0 Å². The van der Waals surface area contributed by atoms with Crippen LogP contribution in [0.15, 0.2) is 30.3 Å². The van der Waals surface area contributed by atoms with E-state index in [0.29, 0.717) is 5.41 Å². The average molecular weight is 345 g/mol. The van der Waals surface area contributed by atoms with Gasteiger partial charge in [-0.25, -0.2) is 0 Å². The molecule has 0 saturated carbocycles. The first-order valence-electron chi connectivity index (χ1n) is 11.2. The molecule has 0 aliphatic heterocycles. The number of hydrogen-bond donors (Lipinski definition) is 0. The summed E-state index contributed by atoms with van der Waals surface area (Å²) < 4.78 is 0. The highest BCUT2D eigenvalue weighted by molar-refractivity contribution is 5.16. The third-order valence-corrected chi connectivity index (χ3v) is 5.48. The van der Waals surface area contributed by atoms with E-state index in [0.717, 1.165) is 0 Å². The topological polar surface area (TPSA) is 0 Å². The second kappa shape index (κ2) is 14.4. The smallest absolute Gasteiger partial charge is 0.0227 e. The molecule has 0 amide bonds. The first-order valence-corrected chi connectivity index (χ1v) is 11.2. The van der Waals surface area contributed by atoms with Gasteiger partial charge in [0.15, 0.2) is 0 Å². The highest BCUT2D eigenvalue weighted by Crippen LogP contribution is 2.28. The van der Waals surface area contributed by atoms with Crippen molar-refractivity contribution >= 4 is 0 Å². The van der Waals surface area contributed by atoms with E-state index in [1.807, 2.05) is 0 Å². The van der Waals surface area contributed by atoms with Crippen LogP contribution in [0.1, 0.15) is 116 Å². The number of benzene rings is 1. The molecule has 0 fully saturated rings. The van der Waals surface area contributed by atoms with Crippen molar-refractivity contribution in [3.05, 3.63) is 35.9 Å². The van der Waals surface area contributed by atoms with Crippen molar-refractivity contribution in [1.29, 1.82) is 0 Å². The van der Waals surface area contributed by atoms with Crippen molar-refractivity contribution in [2.45, 2.75) is 117 Å². The van der Waals surface area contributed by atoms with Crippen molar-refractivity contribution in [2.75, 3.05) is 0 Å². The van der Waals surface area contributed by atoms with Gasteiger partial charge in [0.1, 0.15) is 0 Å². The maximum absolute atomic E-state index is 2.43. The highest BCUT2D eigenvalue weighted by Gasteiger charge is 2.17. The van der Waals surface area contributed by atoms with E-state index in [4.69, 9.17) is 0 Å². The normalized spacial score (nSPS) is 11.8. The van der Waals surface area contributed by atoms with E-state index in [2.05, 4.69) is 51.1 Å². The molecule has 0 N–H and O–H groups in total. The van der Waals surface area contributed by atoms with Crippen LogP contribution in [-0.4, -0.2) is 0 Å². The summed E-state index contributed by atoms with van der Waals surface area (Å²) in [5.41, 5.74) is 1.93. The molecule has 0 aromatic heterocycles. The van der Waals surface area contributed by atoms with Crippen LogP contribution in [0, 0.1) is 5.41 Å². The monoisotopic (exact) mass is 344 g/mol. The van der Waals surface area contributed by atoms with E-state index in [-0.39, 0.29) is 0 Å². The fraction of sp³-hybridized carbons (Fsp3) is 0.760. The summed E-state index contributed by atoms with van der Waals surface area (Å²) in [4.78, 5) is 0. The van der Waals surface area contributed by atoms with Crippen LogP contribution in [0.25, 0.3) is 0 Å². The lowest BCUT2D eigenvalue weighted by Gasteiger charge is -2.24. The predicted molar refractivity (Wildman–Crippen MR) is 114 cm³/mol. The Morgan fingerprint density at radius 1 is 0.600 bits per heavy atom. The lowest BCUT2D eigenvalue weighted by Crippen LogP contribution is -2.14. The zero-order valence-corrected chi connectivity index (χ0v) is 17.5. The fourth-order valence-corrected chi connectivity index (χ4v) is 3.86. The second-order valence-electron chi connectivity index (χ2n) is 8.82. The van der Waals surface area contributed by atoms with E-state index in [1.165, 1.54) is 102 Å². The fourth-order valence-electron chi connectivity index (χ4n) is 3.86. The Bertz CT molecular complexity index is 390. The molecule has 0 aliphatic carbocycles. The second-order valence-corrected chi connectivity index (χ2v) is 8.82. The molecule has 0 aliphatic rings. The molecule has 0 heteroatoms. The maximum atomic E-state index is 2.43. The summed E-state index contributed by atoms with van der Waals surface area (Å²) in [6.45, 7) is 7.16. The van der Waals surface area contributed by atoms with E-state index in [1.54, 1.807) is 0 Å². The first-order chi connectivity index (χ1) is 12.1. The molecule has 144 valence electrons. The number of rotatable bonds is 16. The molecule has 0 spiro atoms. The Kier molecular flexibility index (Phi) is 12.8. The van der Waals surface area contributed by atoms with Gasteiger partial charge in [0, 0.05) is 0 Å². The molecule has 1 rings (SSSR count). The van der Waals surface area contributed by atoms with Gasteiger partial charge in [-0.3, -0.25) is 0 Å². The van der Waals surface area contributed by atoms with Crippen LogP contribution in [0.4, 0.5) is 0 Å². The van der Waals surface area contributed by atoms with Crippen molar-refractivity contribution in [3.63, 3.8) is 0 Å². The van der Waals surface area contributed by atoms with Crippen LogP contribution in [0.2, 0.25) is 0 Å². The first kappa shape index (κ1) is 22.3. The summed E-state index contributed by atoms with van der Waals surface area (Å²) in [6, 6.07) is 11.0. The van der Waals surface area contributed by atoms with Crippen LogP contribution in [0.3, 0.4) is 0 Å². The summed E-state index contributed by atoms with van der Waals surface area (Å²) in [5, 5.41) is 0. The molecule has 0 bridgehead atoms. The lowest BCUT2D eigenvalue weighted by molar-refractivity contribution is 0.316. The molecule has 25 heavy (non-hydrogen) atoms. The van der Waals surface area contributed by atoms with Gasteiger partial charge in [-0.05, 0) is 23.8 Å². The summed E-state index contributed by atoms with van der Waals surface area (Å²) >= 11 is 0. The largest absolute Gasteiger partial charge is 0.0654 e. The molecule has 0 heterocycles. The van der Waals surface area contributed by atoms with Crippen LogP contribution in [-0.2, 0) is 6.42 Å². The van der Waals surface area contributed by atoms with E-state index in [9.17, 15) is 0 Å². The Morgan fingerprint density at radius 3 is 1.52 bits per heavy atom. The Morgan fingerprint density at radius 2 is 1.04 bits per heavy atom. The van der Waals surface area contributed by atoms with Crippen LogP contribution in [0.5, 0.6) is 0 Å². The maximum Gasteiger partial charge on any atom is -0.0227 e. The Balaban J connectivity index is 1.89. The molecule has 0 unspecified atom stereocenters. The molecule has 0 nitrogen and oxygen atoms in total. The zero-order valence-electron chi connectivity index (χ0n) is 17.5. The minimum absolute atomic E-state index is 0.444. The minimum atomic E-state index is 0.444. The third-order valence-electron chi connectivity index (χ3n) is 5.48. The predicted octanol–water partition coefficient (Wildman–Crippen LogP) is 8.74. The highest BCUT2D eigenvalue weighted by atomic mass is 14.2. The third kappa shape index (κ3) is 13.1. The Labute approximate surface area is 158 Å². The van der Waals surface area contributed by atoms with Gasteiger partial charge in [0.05, 0.1) is 0 Å². The van der Waals surface area contributed by atoms with Gasteiger partial charge in [-0.2, -0.15) is 0 Å². The van der Waals surface area contributed by atoms with Gasteiger partial charge >= 0.3 is 0 Å². The summed E-state index contributed by atoms with van der Waals surface area (Å²) in [5.74, 6) is 0. The van der Waals surface area contributed by atoms with Crippen LogP contribution < -0.4 is 0 Å². The molecule has 0 atom stereocenters. The van der Waals surface area contributed by atoms with Crippen molar-refractivity contribution in [3.8, 4) is 0 Å². The number of unbranched alkanes of at least 4 members (excludes halogenated alkanes) is 12. The molecule has 0 saturated heterocycles. The summed E-state index contributed by atoms with van der Waals surface area (Å²) in [7, 11) is 0. The minimum Gasteiger partial charge on any atom is -0.0654 e. The van der Waals surface area contributed by atoms with Gasteiger partial charge in [-0.15, -0.1) is 0 Å². The van der Waals surface area contributed by atoms with Gasteiger partial charge in [0.2, 0.25) is 0 Å². The zero-order chi connectivity index (χ0) is 18.2. The molecule has 1 aromatic rings. The standard InChI is InChI=1S/C25H44/c1-4-5-6-7-8-9-10-11-12-13-14-15-19-22-25(2,3)23-24-20-17-16-18-21-24/h16-18,20-21H,4-15,19,22-23H2,1-3H3. The van der Waals surface area contributed by atoms with Crippen molar-refractivity contribution in [1.82, 2.24) is 0 Å². The SMILES string of the molecule is CCCCCCCCCCCCCCCC(C)(C)Cc1ccccc1. The van der Waals surface area contributed by atoms with Crippen molar-refractivity contribution in [2.24, 2.45) is 5.41 Å². The molecular weight excluding hydrogens is 300 g/mol. The molecule has 1 aromatic carbocycles. The van der Waals surface area contributed by atoms with Crippen molar-refractivity contribution < 1.29 is 0 Å². The molecular formula is C25H44. The lowest BCUT2D eigenvalue weighted by atomic mass is 9.81. The summed E-state index contributed by atoms with van der Waals surface area (Å²) in [6.07, 6.45) is 21.3. The van der Waals surface area contributed by atoms with E-state index >= 15 is 0 Å². The molecule has 0 radical (unpaired) electrons. The van der Waals surface area contributed by atoms with Crippen LogP contribution >= 0.6 is 0 Å².